The highest BCUT2D eigenvalue weighted by atomic mass is 16.7. The van der Waals surface area contributed by atoms with Gasteiger partial charge in [0.1, 0.15) is 12.4 Å². The Morgan fingerprint density at radius 2 is 1.61 bits per heavy atom. The van der Waals surface area contributed by atoms with E-state index >= 15 is 0 Å². The van der Waals surface area contributed by atoms with Crippen LogP contribution in [0.1, 0.15) is 33.9 Å². The van der Waals surface area contributed by atoms with Crippen molar-refractivity contribution in [3.8, 4) is 17.2 Å². The van der Waals surface area contributed by atoms with Crippen molar-refractivity contribution in [3.05, 3.63) is 88.5 Å². The zero-order chi connectivity index (χ0) is 22.6. The molecule has 2 heterocycles. The lowest BCUT2D eigenvalue weighted by Crippen LogP contribution is -2.43. The van der Waals surface area contributed by atoms with Gasteiger partial charge < -0.3 is 29.4 Å². The summed E-state index contributed by atoms with van der Waals surface area (Å²) in [7, 11) is 0. The fraction of sp³-hybridized carbons (Fsp3) is 0.333. The van der Waals surface area contributed by atoms with E-state index < -0.39 is 0 Å². The van der Waals surface area contributed by atoms with Gasteiger partial charge in [0.25, 0.3) is 0 Å². The SMILES string of the molecule is Cc1c(OCc2ccccc2)c2c(c3c1OCO3)C(COCc1ccccc1)NC(CO)C2. The Bertz CT molecular complexity index is 1090. The highest BCUT2D eigenvalue weighted by molar-refractivity contribution is 5.65. The molecule has 2 aliphatic rings. The van der Waals surface area contributed by atoms with Crippen LogP contribution in [-0.4, -0.2) is 31.2 Å². The second-order valence-corrected chi connectivity index (χ2v) is 8.49. The number of fused-ring (bicyclic) bond motifs is 3. The van der Waals surface area contributed by atoms with Gasteiger partial charge in [0.2, 0.25) is 6.79 Å². The molecule has 6 nitrogen and oxygen atoms in total. The Morgan fingerprint density at radius 1 is 0.939 bits per heavy atom. The molecule has 2 unspecified atom stereocenters. The van der Waals surface area contributed by atoms with E-state index in [0.29, 0.717) is 26.2 Å². The molecule has 5 rings (SSSR count). The standard InChI is InChI=1S/C27H29NO5/c1-18-25(31-15-20-10-6-3-7-11-20)22-12-21(13-29)28-23(24(22)27-26(18)32-17-33-27)16-30-14-19-8-4-2-5-9-19/h2-11,21,23,28-29H,12-17H2,1H3. The minimum absolute atomic E-state index is 0.0280. The smallest absolute Gasteiger partial charge is 0.231 e. The first kappa shape index (κ1) is 21.8. The largest absolute Gasteiger partial charge is 0.488 e. The Morgan fingerprint density at radius 3 is 2.30 bits per heavy atom. The van der Waals surface area contributed by atoms with Crippen molar-refractivity contribution in [1.29, 1.82) is 0 Å². The lowest BCUT2D eigenvalue weighted by atomic mass is 9.87. The summed E-state index contributed by atoms with van der Waals surface area (Å²) in [5.74, 6) is 2.30. The normalized spacial score (nSPS) is 18.7. The molecular formula is C27H29NO5. The molecule has 2 aliphatic heterocycles. The number of hydrogen-bond acceptors (Lipinski definition) is 6. The molecule has 0 radical (unpaired) electrons. The van der Waals surface area contributed by atoms with Crippen molar-refractivity contribution < 1.29 is 24.1 Å². The van der Waals surface area contributed by atoms with E-state index in [1.807, 2.05) is 67.6 Å². The summed E-state index contributed by atoms with van der Waals surface area (Å²) >= 11 is 0. The number of rotatable bonds is 8. The fourth-order valence-corrected chi connectivity index (χ4v) is 4.63. The van der Waals surface area contributed by atoms with Crippen molar-refractivity contribution >= 4 is 0 Å². The van der Waals surface area contributed by atoms with E-state index in [4.69, 9.17) is 18.9 Å². The summed E-state index contributed by atoms with van der Waals surface area (Å²) in [6, 6.07) is 20.0. The van der Waals surface area contributed by atoms with Gasteiger partial charge in [0.15, 0.2) is 11.5 Å². The van der Waals surface area contributed by atoms with Crippen LogP contribution in [0.3, 0.4) is 0 Å². The van der Waals surface area contributed by atoms with Gasteiger partial charge in [-0.15, -0.1) is 0 Å². The maximum absolute atomic E-state index is 10.00. The van der Waals surface area contributed by atoms with Crippen molar-refractivity contribution in [3.63, 3.8) is 0 Å². The van der Waals surface area contributed by atoms with E-state index in [-0.39, 0.29) is 25.5 Å². The number of ether oxygens (including phenoxy) is 4. The molecule has 0 aromatic heterocycles. The highest BCUT2D eigenvalue weighted by Gasteiger charge is 2.37. The van der Waals surface area contributed by atoms with Crippen LogP contribution in [0.5, 0.6) is 17.2 Å². The molecule has 3 aromatic carbocycles. The third-order valence-corrected chi connectivity index (χ3v) is 6.22. The van der Waals surface area contributed by atoms with Crippen LogP contribution < -0.4 is 19.5 Å². The second kappa shape index (κ2) is 9.83. The zero-order valence-electron chi connectivity index (χ0n) is 18.8. The summed E-state index contributed by atoms with van der Waals surface area (Å²) in [4.78, 5) is 0. The topological polar surface area (TPSA) is 69.2 Å². The average molecular weight is 448 g/mol. The van der Waals surface area contributed by atoms with Gasteiger partial charge in [-0.2, -0.15) is 0 Å². The Hall–Kier alpha value is -3.06. The summed E-state index contributed by atoms with van der Waals surface area (Å²) in [5, 5.41) is 13.5. The third kappa shape index (κ3) is 4.55. The van der Waals surface area contributed by atoms with E-state index in [0.717, 1.165) is 45.1 Å². The quantitative estimate of drug-likeness (QED) is 0.543. The van der Waals surface area contributed by atoms with E-state index in [1.54, 1.807) is 0 Å². The third-order valence-electron chi connectivity index (χ3n) is 6.22. The maximum atomic E-state index is 10.00. The van der Waals surface area contributed by atoms with Gasteiger partial charge in [-0.1, -0.05) is 60.7 Å². The van der Waals surface area contributed by atoms with Gasteiger partial charge in [-0.3, -0.25) is 0 Å². The van der Waals surface area contributed by atoms with Crippen LogP contribution in [0.2, 0.25) is 0 Å². The lowest BCUT2D eigenvalue weighted by molar-refractivity contribution is 0.0855. The summed E-state index contributed by atoms with van der Waals surface area (Å²) in [5.41, 5.74) is 5.21. The van der Waals surface area contributed by atoms with Crippen LogP contribution in [0, 0.1) is 6.92 Å². The number of aliphatic hydroxyl groups is 1. The molecule has 3 aromatic rings. The van der Waals surface area contributed by atoms with Crippen LogP contribution >= 0.6 is 0 Å². The first-order chi connectivity index (χ1) is 16.2. The highest BCUT2D eigenvalue weighted by Crippen LogP contribution is 2.50. The van der Waals surface area contributed by atoms with E-state index in [1.165, 1.54) is 0 Å². The Balaban J connectivity index is 1.46. The predicted octanol–water partition coefficient (Wildman–Crippen LogP) is 4.07. The molecule has 6 heteroatoms. The Labute approximate surface area is 194 Å². The van der Waals surface area contributed by atoms with Gasteiger partial charge in [0.05, 0.1) is 25.9 Å². The molecular weight excluding hydrogens is 418 g/mol. The first-order valence-electron chi connectivity index (χ1n) is 11.3. The molecule has 0 fully saturated rings. The number of benzene rings is 3. The summed E-state index contributed by atoms with van der Waals surface area (Å²) in [6.45, 7) is 3.63. The molecule has 0 aliphatic carbocycles. The van der Waals surface area contributed by atoms with Gasteiger partial charge in [0, 0.05) is 22.7 Å². The molecule has 172 valence electrons. The molecule has 0 saturated heterocycles. The minimum atomic E-state index is -0.148. The van der Waals surface area contributed by atoms with E-state index in [2.05, 4.69) is 5.32 Å². The van der Waals surface area contributed by atoms with Crippen molar-refractivity contribution in [2.24, 2.45) is 0 Å². The predicted molar refractivity (Wildman–Crippen MR) is 125 cm³/mol. The van der Waals surface area contributed by atoms with Crippen molar-refractivity contribution in [2.45, 2.75) is 38.6 Å². The van der Waals surface area contributed by atoms with Crippen LogP contribution in [-0.2, 0) is 24.4 Å². The van der Waals surface area contributed by atoms with Gasteiger partial charge in [-0.05, 0) is 24.5 Å². The average Bonchev–Trinajstić information content (AvgIpc) is 3.35. The molecule has 33 heavy (non-hydrogen) atoms. The number of hydrogen-bond donors (Lipinski definition) is 2. The monoisotopic (exact) mass is 447 g/mol. The van der Waals surface area contributed by atoms with Crippen LogP contribution in [0.25, 0.3) is 0 Å². The summed E-state index contributed by atoms with van der Waals surface area (Å²) in [6.07, 6.45) is 0.641. The molecule has 0 amide bonds. The number of nitrogens with one attached hydrogen (secondary N) is 1. The fourth-order valence-electron chi connectivity index (χ4n) is 4.63. The van der Waals surface area contributed by atoms with Crippen molar-refractivity contribution in [1.82, 2.24) is 5.32 Å². The zero-order valence-corrected chi connectivity index (χ0v) is 18.8. The molecule has 0 bridgehead atoms. The maximum Gasteiger partial charge on any atom is 0.231 e. The summed E-state index contributed by atoms with van der Waals surface area (Å²) < 4.78 is 24.2. The van der Waals surface area contributed by atoms with E-state index in [9.17, 15) is 5.11 Å². The molecule has 2 N–H and O–H groups in total. The molecule has 0 saturated carbocycles. The lowest BCUT2D eigenvalue weighted by Gasteiger charge is -2.34. The second-order valence-electron chi connectivity index (χ2n) is 8.49. The number of aliphatic hydroxyl groups excluding tert-OH is 1. The first-order valence-corrected chi connectivity index (χ1v) is 11.3. The van der Waals surface area contributed by atoms with Gasteiger partial charge in [-0.25, -0.2) is 0 Å². The van der Waals surface area contributed by atoms with Crippen LogP contribution in [0.15, 0.2) is 60.7 Å². The van der Waals surface area contributed by atoms with Gasteiger partial charge >= 0.3 is 0 Å². The molecule has 2 atom stereocenters. The minimum Gasteiger partial charge on any atom is -0.488 e. The molecule has 0 spiro atoms. The van der Waals surface area contributed by atoms with Crippen LogP contribution in [0.4, 0.5) is 0 Å². The van der Waals surface area contributed by atoms with Crippen molar-refractivity contribution in [2.75, 3.05) is 20.0 Å². The Kier molecular flexibility index (Phi) is 6.48.